The van der Waals surface area contributed by atoms with Crippen LogP contribution >= 0.6 is 0 Å². The van der Waals surface area contributed by atoms with Gasteiger partial charge in [-0.1, -0.05) is 91.0 Å². The van der Waals surface area contributed by atoms with Gasteiger partial charge in [0.1, 0.15) is 17.8 Å². The predicted octanol–water partition coefficient (Wildman–Crippen LogP) is 5.32. The molecule has 1 aliphatic rings. The number of nitrogens with zero attached hydrogens (tertiary/aromatic N) is 1. The number of rotatable bonds is 10. The maximum Gasteiger partial charge on any atom is 0.410 e. The van der Waals surface area contributed by atoms with E-state index in [4.69, 9.17) is 24.7 Å². The zero-order valence-corrected chi connectivity index (χ0v) is 23.1. The Balaban J connectivity index is 1.59. The second-order valence-electron chi connectivity index (χ2n) is 10.9. The summed E-state index contributed by atoms with van der Waals surface area (Å²) in [6.45, 7) is 7.20. The topological polar surface area (TPSA) is 83.3 Å². The lowest BCUT2D eigenvalue weighted by Crippen LogP contribution is -2.67. The third kappa shape index (κ3) is 8.63. The van der Waals surface area contributed by atoms with Crippen LogP contribution in [-0.2, 0) is 38.8 Å². The number of piperidine rings is 1. The van der Waals surface area contributed by atoms with Crippen molar-refractivity contribution in [2.24, 2.45) is 5.73 Å². The molecule has 1 fully saturated rings. The second-order valence-corrected chi connectivity index (χ2v) is 10.9. The van der Waals surface area contributed by atoms with E-state index in [2.05, 4.69) is 0 Å². The molecule has 0 spiro atoms. The van der Waals surface area contributed by atoms with E-state index in [0.29, 0.717) is 19.8 Å². The summed E-state index contributed by atoms with van der Waals surface area (Å²) >= 11 is 0. The molecule has 7 heteroatoms. The minimum Gasteiger partial charge on any atom is -0.444 e. The number of carbonyl (C=O) groups excluding carboxylic acids is 1. The number of amides is 1. The highest BCUT2D eigenvalue weighted by Crippen LogP contribution is 2.28. The minimum absolute atomic E-state index is 0.242. The van der Waals surface area contributed by atoms with Crippen LogP contribution in [0.1, 0.15) is 37.5 Å². The molecule has 0 radical (unpaired) electrons. The first-order valence-electron chi connectivity index (χ1n) is 13.5. The number of likely N-dealkylation sites (tertiary alicyclic amines) is 1. The van der Waals surface area contributed by atoms with Crippen molar-refractivity contribution in [3.05, 3.63) is 108 Å². The van der Waals surface area contributed by atoms with E-state index in [0.717, 1.165) is 16.7 Å². The second kappa shape index (κ2) is 13.7. The molecule has 0 unspecified atom stereocenters. The van der Waals surface area contributed by atoms with Gasteiger partial charge >= 0.3 is 6.09 Å². The Kier molecular flexibility index (Phi) is 10.1. The smallest absolute Gasteiger partial charge is 0.410 e. The van der Waals surface area contributed by atoms with Crippen molar-refractivity contribution in [2.45, 2.75) is 70.5 Å². The standard InChI is InChI=1S/C32H40N2O5/c1-32(2,3)39-31(35)34-19-27(33)29(37-21-25-15-9-5-10-16-25)30(38-22-26-17-11-6-12-18-26)28(34)23-36-20-24-13-7-4-8-14-24/h4-18,27-30H,19-23,33H2,1-3H3/t27-,28-,29+,30+/m1/s1. The van der Waals surface area contributed by atoms with Crippen LogP contribution in [0, 0.1) is 0 Å². The molecule has 39 heavy (non-hydrogen) atoms. The average Bonchev–Trinajstić information content (AvgIpc) is 2.92. The highest BCUT2D eigenvalue weighted by Gasteiger charge is 2.47. The van der Waals surface area contributed by atoms with E-state index in [9.17, 15) is 4.79 Å². The predicted molar refractivity (Wildman–Crippen MR) is 151 cm³/mol. The molecule has 4 atom stereocenters. The first-order chi connectivity index (χ1) is 18.8. The SMILES string of the molecule is CC(C)(C)OC(=O)N1C[C@@H](N)[C@H](OCc2ccccc2)[C@@H](OCc2ccccc2)[C@H]1COCc1ccccc1. The molecule has 0 aromatic heterocycles. The van der Waals surface area contributed by atoms with Crippen LogP contribution in [0.5, 0.6) is 0 Å². The molecule has 3 aromatic rings. The van der Waals surface area contributed by atoms with Crippen molar-refractivity contribution in [3.8, 4) is 0 Å². The number of nitrogens with two attached hydrogens (primary N) is 1. The maximum absolute atomic E-state index is 13.4. The Morgan fingerprint density at radius 1 is 0.769 bits per heavy atom. The van der Waals surface area contributed by atoms with Gasteiger partial charge < -0.3 is 24.7 Å². The van der Waals surface area contributed by atoms with Crippen LogP contribution < -0.4 is 5.73 Å². The Morgan fingerprint density at radius 2 is 1.23 bits per heavy atom. The van der Waals surface area contributed by atoms with Crippen LogP contribution in [0.3, 0.4) is 0 Å². The van der Waals surface area contributed by atoms with Crippen molar-refractivity contribution in [3.63, 3.8) is 0 Å². The lowest BCUT2D eigenvalue weighted by Gasteiger charge is -2.47. The lowest BCUT2D eigenvalue weighted by atomic mass is 9.92. The Hall–Kier alpha value is -3.23. The maximum atomic E-state index is 13.4. The zero-order chi connectivity index (χ0) is 27.7. The van der Waals surface area contributed by atoms with Crippen molar-refractivity contribution < 1.29 is 23.7 Å². The van der Waals surface area contributed by atoms with Crippen LogP contribution in [-0.4, -0.2) is 54.0 Å². The molecule has 4 rings (SSSR count). The summed E-state index contributed by atoms with van der Waals surface area (Å²) in [7, 11) is 0. The van der Waals surface area contributed by atoms with Gasteiger partial charge in [-0.05, 0) is 37.5 Å². The van der Waals surface area contributed by atoms with E-state index < -0.39 is 36.0 Å². The van der Waals surface area contributed by atoms with Crippen LogP contribution in [0.15, 0.2) is 91.0 Å². The molecule has 2 N–H and O–H groups in total. The molecule has 1 aliphatic heterocycles. The quantitative estimate of drug-likeness (QED) is 0.381. The summed E-state index contributed by atoms with van der Waals surface area (Å²) in [6.07, 6.45) is -1.44. The summed E-state index contributed by atoms with van der Waals surface area (Å²) in [5.41, 5.74) is 9.13. The normalized spacial score (nSPS) is 21.5. The summed E-state index contributed by atoms with van der Waals surface area (Å²) in [4.78, 5) is 15.1. The van der Waals surface area contributed by atoms with Gasteiger partial charge in [0.25, 0.3) is 0 Å². The van der Waals surface area contributed by atoms with Crippen LogP contribution in [0.4, 0.5) is 4.79 Å². The van der Waals surface area contributed by atoms with E-state index in [1.54, 1.807) is 4.90 Å². The highest BCUT2D eigenvalue weighted by molar-refractivity contribution is 5.69. The number of hydrogen-bond acceptors (Lipinski definition) is 6. The molecular weight excluding hydrogens is 492 g/mol. The van der Waals surface area contributed by atoms with Gasteiger partial charge in [-0.15, -0.1) is 0 Å². The van der Waals surface area contributed by atoms with Gasteiger partial charge in [-0.3, -0.25) is 4.90 Å². The molecular formula is C32H40N2O5. The van der Waals surface area contributed by atoms with Gasteiger partial charge in [0, 0.05) is 6.54 Å². The number of benzene rings is 3. The van der Waals surface area contributed by atoms with Crippen molar-refractivity contribution in [1.29, 1.82) is 0 Å². The first-order valence-corrected chi connectivity index (χ1v) is 13.5. The molecule has 1 heterocycles. The lowest BCUT2D eigenvalue weighted by molar-refractivity contribution is -0.160. The van der Waals surface area contributed by atoms with E-state index in [1.807, 2.05) is 112 Å². The third-order valence-electron chi connectivity index (χ3n) is 6.53. The Labute approximate surface area is 231 Å². The molecule has 208 valence electrons. The molecule has 3 aromatic carbocycles. The van der Waals surface area contributed by atoms with E-state index in [-0.39, 0.29) is 13.2 Å². The Morgan fingerprint density at radius 3 is 1.72 bits per heavy atom. The highest BCUT2D eigenvalue weighted by atomic mass is 16.6. The van der Waals surface area contributed by atoms with Crippen molar-refractivity contribution >= 4 is 6.09 Å². The number of hydrogen-bond donors (Lipinski definition) is 1. The first kappa shape index (κ1) is 28.8. The van der Waals surface area contributed by atoms with E-state index in [1.165, 1.54) is 0 Å². The largest absolute Gasteiger partial charge is 0.444 e. The molecule has 7 nitrogen and oxygen atoms in total. The average molecular weight is 533 g/mol. The fraction of sp³-hybridized carbons (Fsp3) is 0.406. The van der Waals surface area contributed by atoms with Crippen LogP contribution in [0.25, 0.3) is 0 Å². The molecule has 1 saturated heterocycles. The Bertz CT molecular complexity index is 1140. The van der Waals surface area contributed by atoms with Gasteiger partial charge in [0.05, 0.1) is 38.5 Å². The summed E-state index contributed by atoms with van der Waals surface area (Å²) in [5, 5.41) is 0. The number of ether oxygens (including phenoxy) is 4. The fourth-order valence-corrected chi connectivity index (χ4v) is 4.65. The van der Waals surface area contributed by atoms with Gasteiger partial charge in [0.15, 0.2) is 0 Å². The van der Waals surface area contributed by atoms with Crippen molar-refractivity contribution in [2.75, 3.05) is 13.2 Å². The van der Waals surface area contributed by atoms with Gasteiger partial charge in [-0.2, -0.15) is 0 Å². The van der Waals surface area contributed by atoms with Gasteiger partial charge in [0.2, 0.25) is 0 Å². The van der Waals surface area contributed by atoms with Crippen LogP contribution in [0.2, 0.25) is 0 Å². The molecule has 0 aliphatic carbocycles. The molecule has 0 saturated carbocycles. The number of carbonyl (C=O) groups is 1. The monoisotopic (exact) mass is 532 g/mol. The third-order valence-corrected chi connectivity index (χ3v) is 6.53. The van der Waals surface area contributed by atoms with Gasteiger partial charge in [-0.25, -0.2) is 4.79 Å². The van der Waals surface area contributed by atoms with Crippen molar-refractivity contribution in [1.82, 2.24) is 4.90 Å². The van der Waals surface area contributed by atoms with E-state index >= 15 is 0 Å². The fourth-order valence-electron chi connectivity index (χ4n) is 4.65. The molecule has 1 amide bonds. The summed E-state index contributed by atoms with van der Waals surface area (Å²) in [5.74, 6) is 0. The molecule has 0 bridgehead atoms. The minimum atomic E-state index is -0.655. The zero-order valence-electron chi connectivity index (χ0n) is 23.1. The summed E-state index contributed by atoms with van der Waals surface area (Å²) < 4.78 is 24.9. The summed E-state index contributed by atoms with van der Waals surface area (Å²) in [6, 6.07) is 28.9.